The van der Waals surface area contributed by atoms with Crippen LogP contribution in [0.2, 0.25) is 0 Å². The van der Waals surface area contributed by atoms with Gasteiger partial charge in [0.2, 0.25) is 5.91 Å². The lowest BCUT2D eigenvalue weighted by Gasteiger charge is -2.26. The molecule has 3 N–H and O–H groups in total. The maximum atomic E-state index is 11.5. The van der Waals surface area contributed by atoms with Crippen LogP contribution in [0, 0.1) is 0 Å². The van der Waals surface area contributed by atoms with Crippen LogP contribution in [0.25, 0.3) is 0 Å². The van der Waals surface area contributed by atoms with Crippen molar-refractivity contribution in [2.45, 2.75) is 18.9 Å². The number of hydrogen-bond acceptors (Lipinski definition) is 3. The largest absolute Gasteiger partial charge is 0.399 e. The molecule has 1 aliphatic rings. The summed E-state index contributed by atoms with van der Waals surface area (Å²) in [6.45, 7) is 1.29. The Kier molecular flexibility index (Phi) is 3.41. The van der Waals surface area contributed by atoms with Gasteiger partial charge in [0.15, 0.2) is 0 Å². The predicted octanol–water partition coefficient (Wildman–Crippen LogP) is 0.716. The molecule has 1 heterocycles. The second-order valence-corrected chi connectivity index (χ2v) is 4.05. The standard InChI is InChI=1S/C12H16N2O2/c13-10-3-1-2-9(6-10)4-5-12(15)14-11-7-16-8-11/h1-3,6,11H,4-5,7-8,13H2,(H,14,15). The van der Waals surface area contributed by atoms with Crippen LogP contribution in [0.1, 0.15) is 12.0 Å². The van der Waals surface area contributed by atoms with E-state index >= 15 is 0 Å². The Labute approximate surface area is 94.8 Å². The summed E-state index contributed by atoms with van der Waals surface area (Å²) in [4.78, 5) is 11.5. The average molecular weight is 220 g/mol. The van der Waals surface area contributed by atoms with E-state index in [-0.39, 0.29) is 11.9 Å². The fourth-order valence-electron chi connectivity index (χ4n) is 1.63. The molecular formula is C12H16N2O2. The van der Waals surface area contributed by atoms with Crippen molar-refractivity contribution in [3.05, 3.63) is 29.8 Å². The highest BCUT2D eigenvalue weighted by molar-refractivity contribution is 5.76. The summed E-state index contributed by atoms with van der Waals surface area (Å²) in [5.74, 6) is 0.0794. The third kappa shape index (κ3) is 2.97. The molecule has 0 aliphatic carbocycles. The van der Waals surface area contributed by atoms with Crippen LogP contribution in [0.3, 0.4) is 0 Å². The van der Waals surface area contributed by atoms with Crippen molar-refractivity contribution in [1.82, 2.24) is 5.32 Å². The van der Waals surface area contributed by atoms with Crippen molar-refractivity contribution in [1.29, 1.82) is 0 Å². The lowest BCUT2D eigenvalue weighted by molar-refractivity contribution is -0.125. The van der Waals surface area contributed by atoms with E-state index in [1.807, 2.05) is 24.3 Å². The van der Waals surface area contributed by atoms with E-state index in [2.05, 4.69) is 5.32 Å². The number of anilines is 1. The first-order chi connectivity index (χ1) is 7.74. The molecule has 1 aliphatic heterocycles. The van der Waals surface area contributed by atoms with Crippen molar-refractivity contribution in [3.63, 3.8) is 0 Å². The van der Waals surface area contributed by atoms with Crippen molar-refractivity contribution in [2.75, 3.05) is 18.9 Å². The Hall–Kier alpha value is -1.55. The van der Waals surface area contributed by atoms with Crippen LogP contribution >= 0.6 is 0 Å². The van der Waals surface area contributed by atoms with Gasteiger partial charge in [0.1, 0.15) is 0 Å². The van der Waals surface area contributed by atoms with Gasteiger partial charge in [-0.25, -0.2) is 0 Å². The Morgan fingerprint density at radius 2 is 2.31 bits per heavy atom. The van der Waals surface area contributed by atoms with Gasteiger partial charge < -0.3 is 15.8 Å². The SMILES string of the molecule is Nc1cccc(CCC(=O)NC2COC2)c1. The fourth-order valence-corrected chi connectivity index (χ4v) is 1.63. The number of nitrogen functional groups attached to an aromatic ring is 1. The zero-order valence-electron chi connectivity index (χ0n) is 9.11. The number of ether oxygens (including phenoxy) is 1. The molecule has 1 aromatic carbocycles. The van der Waals surface area contributed by atoms with Gasteiger partial charge in [-0.05, 0) is 24.1 Å². The van der Waals surface area contributed by atoms with Crippen LogP contribution in [-0.4, -0.2) is 25.2 Å². The van der Waals surface area contributed by atoms with E-state index in [0.29, 0.717) is 19.6 Å². The first-order valence-corrected chi connectivity index (χ1v) is 5.45. The molecule has 1 aromatic rings. The molecule has 1 amide bonds. The topological polar surface area (TPSA) is 64.4 Å². The summed E-state index contributed by atoms with van der Waals surface area (Å²) in [5, 5.41) is 2.91. The molecule has 0 radical (unpaired) electrons. The molecule has 0 spiro atoms. The van der Waals surface area contributed by atoms with Gasteiger partial charge in [0.25, 0.3) is 0 Å². The molecule has 1 saturated heterocycles. The van der Waals surface area contributed by atoms with Crippen LogP contribution in [-0.2, 0) is 16.0 Å². The number of benzene rings is 1. The highest BCUT2D eigenvalue weighted by atomic mass is 16.5. The summed E-state index contributed by atoms with van der Waals surface area (Å²) in [6.07, 6.45) is 1.23. The number of carbonyl (C=O) groups is 1. The van der Waals surface area contributed by atoms with Crippen molar-refractivity contribution in [2.24, 2.45) is 0 Å². The molecular weight excluding hydrogens is 204 g/mol. The van der Waals surface area contributed by atoms with E-state index < -0.39 is 0 Å². The van der Waals surface area contributed by atoms with Gasteiger partial charge >= 0.3 is 0 Å². The monoisotopic (exact) mass is 220 g/mol. The summed E-state index contributed by atoms with van der Waals surface area (Å²) < 4.78 is 4.98. The molecule has 4 nitrogen and oxygen atoms in total. The highest BCUT2D eigenvalue weighted by Crippen LogP contribution is 2.09. The number of nitrogens with one attached hydrogen (secondary N) is 1. The Bertz CT molecular complexity index is 375. The van der Waals surface area contributed by atoms with Crippen molar-refractivity contribution < 1.29 is 9.53 Å². The van der Waals surface area contributed by atoms with Crippen LogP contribution < -0.4 is 11.1 Å². The van der Waals surface area contributed by atoms with Crippen molar-refractivity contribution in [3.8, 4) is 0 Å². The van der Waals surface area contributed by atoms with E-state index in [1.54, 1.807) is 0 Å². The minimum Gasteiger partial charge on any atom is -0.399 e. The average Bonchev–Trinajstić information content (AvgIpc) is 2.21. The first-order valence-electron chi connectivity index (χ1n) is 5.45. The third-order valence-electron chi connectivity index (χ3n) is 2.59. The minimum atomic E-state index is 0.0794. The van der Waals surface area contributed by atoms with Gasteiger partial charge in [-0.3, -0.25) is 4.79 Å². The lowest BCUT2D eigenvalue weighted by atomic mass is 10.1. The number of carbonyl (C=O) groups excluding carboxylic acids is 1. The zero-order valence-corrected chi connectivity index (χ0v) is 9.11. The second-order valence-electron chi connectivity index (χ2n) is 4.05. The second kappa shape index (κ2) is 4.99. The lowest BCUT2D eigenvalue weighted by Crippen LogP contribution is -2.48. The third-order valence-corrected chi connectivity index (χ3v) is 2.59. The molecule has 0 atom stereocenters. The molecule has 86 valence electrons. The molecule has 0 aromatic heterocycles. The maximum Gasteiger partial charge on any atom is 0.220 e. The number of rotatable bonds is 4. The normalized spacial score (nSPS) is 15.5. The maximum absolute atomic E-state index is 11.5. The Balaban J connectivity index is 1.75. The van der Waals surface area contributed by atoms with Crippen LogP contribution in [0.15, 0.2) is 24.3 Å². The Morgan fingerprint density at radius 1 is 1.50 bits per heavy atom. The summed E-state index contributed by atoms with van der Waals surface area (Å²) in [6, 6.07) is 7.85. The highest BCUT2D eigenvalue weighted by Gasteiger charge is 2.19. The summed E-state index contributed by atoms with van der Waals surface area (Å²) in [7, 11) is 0. The smallest absolute Gasteiger partial charge is 0.220 e. The minimum absolute atomic E-state index is 0.0794. The van der Waals surface area contributed by atoms with Gasteiger partial charge in [0.05, 0.1) is 19.3 Å². The molecule has 1 fully saturated rings. The van der Waals surface area contributed by atoms with Crippen LogP contribution in [0.5, 0.6) is 0 Å². The van der Waals surface area contributed by atoms with Gasteiger partial charge in [-0.15, -0.1) is 0 Å². The molecule has 16 heavy (non-hydrogen) atoms. The fraction of sp³-hybridized carbons (Fsp3) is 0.417. The van der Waals surface area contributed by atoms with Crippen molar-refractivity contribution >= 4 is 11.6 Å². The molecule has 0 bridgehead atoms. The van der Waals surface area contributed by atoms with E-state index in [1.165, 1.54) is 0 Å². The quantitative estimate of drug-likeness (QED) is 0.735. The summed E-state index contributed by atoms with van der Waals surface area (Å²) >= 11 is 0. The Morgan fingerprint density at radius 3 is 2.94 bits per heavy atom. The zero-order chi connectivity index (χ0) is 11.4. The predicted molar refractivity (Wildman–Crippen MR) is 61.9 cm³/mol. The first kappa shape index (κ1) is 11.0. The summed E-state index contributed by atoms with van der Waals surface area (Å²) in [5.41, 5.74) is 7.50. The number of hydrogen-bond donors (Lipinski definition) is 2. The van der Waals surface area contributed by atoms with E-state index in [0.717, 1.165) is 17.7 Å². The van der Waals surface area contributed by atoms with Gasteiger partial charge in [0, 0.05) is 12.1 Å². The molecule has 0 unspecified atom stereocenters. The molecule has 4 heteroatoms. The van der Waals surface area contributed by atoms with Gasteiger partial charge in [-0.2, -0.15) is 0 Å². The number of nitrogens with two attached hydrogens (primary N) is 1. The van der Waals surface area contributed by atoms with Crippen LogP contribution in [0.4, 0.5) is 5.69 Å². The molecule has 0 saturated carbocycles. The van der Waals surface area contributed by atoms with E-state index in [4.69, 9.17) is 10.5 Å². The van der Waals surface area contributed by atoms with Gasteiger partial charge in [-0.1, -0.05) is 12.1 Å². The molecule has 2 rings (SSSR count). The number of amides is 1. The number of aryl methyl sites for hydroxylation is 1. The van der Waals surface area contributed by atoms with E-state index in [9.17, 15) is 4.79 Å².